The van der Waals surface area contributed by atoms with Crippen LogP contribution in [0.3, 0.4) is 0 Å². The van der Waals surface area contributed by atoms with E-state index in [1.165, 1.54) is 7.11 Å². The molecule has 0 aliphatic heterocycles. The Kier molecular flexibility index (Phi) is 5.70. The summed E-state index contributed by atoms with van der Waals surface area (Å²) in [5.41, 5.74) is 0. The largest absolute Gasteiger partial charge is 0.392 e. The van der Waals surface area contributed by atoms with E-state index in [4.69, 9.17) is 10.2 Å². The lowest BCUT2D eigenvalue weighted by molar-refractivity contribution is 0.192. The van der Waals surface area contributed by atoms with E-state index in [0.717, 1.165) is 0 Å². The summed E-state index contributed by atoms with van der Waals surface area (Å²) >= 11 is 0. The molecule has 0 aliphatic carbocycles. The van der Waals surface area contributed by atoms with Crippen molar-refractivity contribution in [1.82, 2.24) is 5.32 Å². The van der Waals surface area contributed by atoms with Gasteiger partial charge in [0.15, 0.2) is 0 Å². The van der Waals surface area contributed by atoms with Crippen molar-refractivity contribution in [3.63, 3.8) is 0 Å². The minimum Gasteiger partial charge on any atom is -0.392 e. The predicted octanol–water partition coefficient (Wildman–Crippen LogP) is -0.211. The third-order valence-electron chi connectivity index (χ3n) is 1.34. The van der Waals surface area contributed by atoms with Crippen molar-refractivity contribution >= 4 is 7.37 Å². The van der Waals surface area contributed by atoms with Crippen molar-refractivity contribution in [1.29, 1.82) is 0 Å². The van der Waals surface area contributed by atoms with E-state index in [9.17, 15) is 4.57 Å². The highest BCUT2D eigenvalue weighted by molar-refractivity contribution is 7.58. The molecule has 0 radical (unpaired) electrons. The molecule has 0 saturated heterocycles. The van der Waals surface area contributed by atoms with Crippen molar-refractivity contribution in [3.05, 3.63) is 0 Å². The molecular weight excluding hydrogens is 181 g/mol. The maximum Gasteiger partial charge on any atom is 0.240 e. The molecule has 6 heteroatoms. The van der Waals surface area contributed by atoms with Gasteiger partial charge in [-0.1, -0.05) is 0 Å². The van der Waals surface area contributed by atoms with Gasteiger partial charge in [0.05, 0.1) is 12.4 Å². The smallest absolute Gasteiger partial charge is 0.240 e. The Morgan fingerprint density at radius 2 is 2.25 bits per heavy atom. The second-order valence-electron chi connectivity index (χ2n) is 2.60. The van der Waals surface area contributed by atoms with Gasteiger partial charge < -0.3 is 20.1 Å². The molecular formula is C6H16NO4P. The van der Waals surface area contributed by atoms with E-state index in [-0.39, 0.29) is 6.29 Å². The average molecular weight is 197 g/mol. The van der Waals surface area contributed by atoms with Crippen LogP contribution in [-0.4, -0.2) is 42.6 Å². The Morgan fingerprint density at radius 1 is 1.67 bits per heavy atom. The highest BCUT2D eigenvalue weighted by Gasteiger charge is 2.19. The number of hydrogen-bond acceptors (Lipinski definition) is 5. The number of nitrogens with one attached hydrogen (secondary N) is 1. The van der Waals surface area contributed by atoms with Crippen LogP contribution in [-0.2, 0) is 9.09 Å². The fourth-order valence-electron chi connectivity index (χ4n) is 0.616. The summed E-state index contributed by atoms with van der Waals surface area (Å²) in [5.74, 6) is 0. The summed E-state index contributed by atoms with van der Waals surface area (Å²) in [4.78, 5) is 0. The quantitative estimate of drug-likeness (QED) is 0.513. The molecule has 0 saturated carbocycles. The Balaban J connectivity index is 3.67. The van der Waals surface area contributed by atoms with E-state index in [1.54, 1.807) is 6.92 Å². The molecule has 5 nitrogen and oxygen atoms in total. The topological polar surface area (TPSA) is 78.8 Å². The van der Waals surface area contributed by atoms with Gasteiger partial charge in [0.2, 0.25) is 7.37 Å². The minimum absolute atomic E-state index is 0.0882. The molecule has 2 unspecified atom stereocenters. The molecule has 0 aromatic rings. The van der Waals surface area contributed by atoms with Crippen molar-refractivity contribution in [3.8, 4) is 0 Å². The van der Waals surface area contributed by atoms with Gasteiger partial charge in [0, 0.05) is 13.7 Å². The average Bonchev–Trinajstić information content (AvgIpc) is 2.03. The summed E-state index contributed by atoms with van der Waals surface area (Å²) < 4.78 is 15.9. The highest BCUT2D eigenvalue weighted by atomic mass is 31.2. The second-order valence-corrected chi connectivity index (χ2v) is 5.19. The monoisotopic (exact) mass is 197 g/mol. The van der Waals surface area contributed by atoms with Crippen LogP contribution >= 0.6 is 7.37 Å². The minimum atomic E-state index is -2.90. The van der Waals surface area contributed by atoms with E-state index >= 15 is 0 Å². The maximum atomic E-state index is 11.3. The molecule has 0 aliphatic rings. The Labute approximate surface area is 72.2 Å². The number of aliphatic hydroxyl groups excluding tert-OH is 2. The molecule has 12 heavy (non-hydrogen) atoms. The Bertz CT molecular complexity index is 154. The van der Waals surface area contributed by atoms with Crippen molar-refractivity contribution in [2.75, 3.05) is 26.3 Å². The molecule has 3 N–H and O–H groups in total. The summed E-state index contributed by atoms with van der Waals surface area (Å²) in [6.45, 7) is 1.96. The fourth-order valence-corrected chi connectivity index (χ4v) is 1.43. The van der Waals surface area contributed by atoms with Gasteiger partial charge in [-0.05, 0) is 6.92 Å². The van der Waals surface area contributed by atoms with Crippen molar-refractivity contribution < 1.29 is 19.3 Å². The van der Waals surface area contributed by atoms with Gasteiger partial charge in [-0.3, -0.25) is 4.57 Å². The summed E-state index contributed by atoms with van der Waals surface area (Å²) in [5, 5.41) is 20.2. The molecule has 0 heterocycles. The maximum absolute atomic E-state index is 11.3. The molecule has 0 aromatic heterocycles. The van der Waals surface area contributed by atoms with Gasteiger partial charge in [-0.2, -0.15) is 0 Å². The Hall–Kier alpha value is 0.0700. The van der Waals surface area contributed by atoms with Crippen LogP contribution < -0.4 is 5.32 Å². The third kappa shape index (κ3) is 4.85. The van der Waals surface area contributed by atoms with E-state index < -0.39 is 19.8 Å². The first-order chi connectivity index (χ1) is 5.54. The van der Waals surface area contributed by atoms with E-state index in [0.29, 0.717) is 6.54 Å². The van der Waals surface area contributed by atoms with E-state index in [2.05, 4.69) is 9.84 Å². The van der Waals surface area contributed by atoms with Crippen LogP contribution in [0.5, 0.6) is 0 Å². The van der Waals surface area contributed by atoms with E-state index in [1.807, 2.05) is 0 Å². The van der Waals surface area contributed by atoms with Crippen LogP contribution in [0.25, 0.3) is 0 Å². The zero-order valence-electron chi connectivity index (χ0n) is 7.36. The van der Waals surface area contributed by atoms with Crippen LogP contribution in [0.15, 0.2) is 0 Å². The van der Waals surface area contributed by atoms with Crippen molar-refractivity contribution in [2.24, 2.45) is 0 Å². The lowest BCUT2D eigenvalue weighted by Gasteiger charge is -2.14. The molecule has 0 fully saturated rings. The molecule has 0 amide bonds. The van der Waals surface area contributed by atoms with Gasteiger partial charge in [-0.25, -0.2) is 0 Å². The van der Waals surface area contributed by atoms with Gasteiger partial charge in [0.25, 0.3) is 0 Å². The lowest BCUT2D eigenvalue weighted by atomic mass is 10.4. The zero-order valence-corrected chi connectivity index (χ0v) is 8.25. The van der Waals surface area contributed by atoms with Gasteiger partial charge in [-0.15, -0.1) is 0 Å². The summed E-state index contributed by atoms with van der Waals surface area (Å²) in [7, 11) is -1.61. The van der Waals surface area contributed by atoms with Crippen LogP contribution in [0.4, 0.5) is 0 Å². The number of aliphatic hydroxyl groups is 2. The molecule has 0 spiro atoms. The zero-order chi connectivity index (χ0) is 9.61. The SMILES string of the molecule is COP(=O)(CO)CNCC(C)O. The normalized spacial score (nSPS) is 18.7. The fraction of sp³-hybridized carbons (Fsp3) is 1.00. The summed E-state index contributed by atoms with van der Waals surface area (Å²) in [6.07, 6.45) is -0.879. The number of hydrogen-bond donors (Lipinski definition) is 3. The van der Waals surface area contributed by atoms with Crippen LogP contribution in [0, 0.1) is 0 Å². The molecule has 74 valence electrons. The molecule has 0 bridgehead atoms. The molecule has 2 atom stereocenters. The summed E-state index contributed by atoms with van der Waals surface area (Å²) in [6, 6.07) is 0. The van der Waals surface area contributed by atoms with Crippen LogP contribution in [0.2, 0.25) is 0 Å². The molecule has 0 rings (SSSR count). The highest BCUT2D eigenvalue weighted by Crippen LogP contribution is 2.42. The first kappa shape index (κ1) is 12.1. The first-order valence-electron chi connectivity index (χ1n) is 3.67. The Morgan fingerprint density at radius 3 is 2.58 bits per heavy atom. The van der Waals surface area contributed by atoms with Gasteiger partial charge >= 0.3 is 0 Å². The predicted molar refractivity (Wildman–Crippen MR) is 46.3 cm³/mol. The molecule has 0 aromatic carbocycles. The van der Waals surface area contributed by atoms with Gasteiger partial charge in [0.1, 0.15) is 6.35 Å². The second kappa shape index (κ2) is 5.67. The lowest BCUT2D eigenvalue weighted by Crippen LogP contribution is -2.26. The first-order valence-corrected chi connectivity index (χ1v) is 5.67. The third-order valence-corrected chi connectivity index (χ3v) is 3.14. The standard InChI is InChI=1S/C6H16NO4P/c1-6(9)3-7-4-12(10,5-8)11-2/h6-9H,3-5H2,1-2H3. The van der Waals surface area contributed by atoms with Crippen LogP contribution in [0.1, 0.15) is 6.92 Å². The van der Waals surface area contributed by atoms with Crippen molar-refractivity contribution in [2.45, 2.75) is 13.0 Å². The number of rotatable bonds is 6.